The molecule has 4 heteroatoms. The molecule has 0 aliphatic rings. The Morgan fingerprint density at radius 2 is 1.85 bits per heavy atom. The normalized spacial score (nSPS) is 14.1. The molecule has 0 amide bonds. The summed E-state index contributed by atoms with van der Waals surface area (Å²) in [6.45, 7) is 3.26. The highest BCUT2D eigenvalue weighted by molar-refractivity contribution is 9.10. The summed E-state index contributed by atoms with van der Waals surface area (Å²) in [7, 11) is 0. The van der Waals surface area contributed by atoms with E-state index in [4.69, 9.17) is 0 Å². The summed E-state index contributed by atoms with van der Waals surface area (Å²) < 4.78 is 27.6. The van der Waals surface area contributed by atoms with Gasteiger partial charge in [0.05, 0.1) is 5.60 Å². The standard InChI is InChI=1S/C16H15BrF2O/c1-10-3-4-12(7-15(10)19)16(2,20)9-11-5-13(17)8-14(18)6-11/h3-8,20H,9H2,1-2H3. The molecule has 0 aliphatic carbocycles. The second-order valence-corrected chi connectivity index (χ2v) is 6.11. The van der Waals surface area contributed by atoms with Crippen molar-refractivity contribution in [2.24, 2.45) is 0 Å². The van der Waals surface area contributed by atoms with Crippen molar-refractivity contribution in [1.29, 1.82) is 0 Å². The van der Waals surface area contributed by atoms with Crippen molar-refractivity contribution >= 4 is 15.9 Å². The van der Waals surface area contributed by atoms with Crippen LogP contribution in [0.15, 0.2) is 40.9 Å². The Bertz CT molecular complexity index is 618. The van der Waals surface area contributed by atoms with Gasteiger partial charge in [0, 0.05) is 10.9 Å². The van der Waals surface area contributed by atoms with Gasteiger partial charge in [0.25, 0.3) is 0 Å². The molecule has 0 saturated carbocycles. The second kappa shape index (κ2) is 5.62. The van der Waals surface area contributed by atoms with E-state index in [9.17, 15) is 13.9 Å². The van der Waals surface area contributed by atoms with Crippen molar-refractivity contribution in [2.45, 2.75) is 25.9 Å². The summed E-state index contributed by atoms with van der Waals surface area (Å²) in [5, 5.41) is 10.5. The SMILES string of the molecule is Cc1ccc(C(C)(O)Cc2cc(F)cc(Br)c2)cc1F. The molecule has 1 atom stereocenters. The summed E-state index contributed by atoms with van der Waals surface area (Å²) >= 11 is 3.22. The van der Waals surface area contributed by atoms with Crippen molar-refractivity contribution in [1.82, 2.24) is 0 Å². The minimum atomic E-state index is -1.26. The summed E-state index contributed by atoms with van der Waals surface area (Å²) in [5.41, 5.74) is 0.379. The van der Waals surface area contributed by atoms with E-state index in [1.54, 1.807) is 32.0 Å². The van der Waals surface area contributed by atoms with Crippen LogP contribution in [0.2, 0.25) is 0 Å². The van der Waals surface area contributed by atoms with Crippen LogP contribution in [-0.4, -0.2) is 5.11 Å². The Morgan fingerprint density at radius 3 is 2.45 bits per heavy atom. The van der Waals surface area contributed by atoms with Gasteiger partial charge in [-0.25, -0.2) is 8.78 Å². The monoisotopic (exact) mass is 340 g/mol. The van der Waals surface area contributed by atoms with Gasteiger partial charge in [-0.05, 0) is 54.8 Å². The van der Waals surface area contributed by atoms with Crippen LogP contribution in [-0.2, 0) is 12.0 Å². The molecular weight excluding hydrogens is 326 g/mol. The number of hydrogen-bond acceptors (Lipinski definition) is 1. The molecule has 1 N–H and O–H groups in total. The Hall–Kier alpha value is -1.26. The molecule has 2 rings (SSSR count). The first-order valence-corrected chi connectivity index (χ1v) is 7.01. The fraction of sp³-hybridized carbons (Fsp3) is 0.250. The molecule has 0 aromatic heterocycles. The molecule has 0 bridgehead atoms. The second-order valence-electron chi connectivity index (χ2n) is 5.19. The topological polar surface area (TPSA) is 20.2 Å². The first kappa shape index (κ1) is 15.1. The Labute approximate surface area is 125 Å². The van der Waals surface area contributed by atoms with E-state index in [0.717, 1.165) is 0 Å². The quantitative estimate of drug-likeness (QED) is 0.872. The Morgan fingerprint density at radius 1 is 1.15 bits per heavy atom. The van der Waals surface area contributed by atoms with Crippen LogP contribution in [0.1, 0.15) is 23.6 Å². The highest BCUT2D eigenvalue weighted by atomic mass is 79.9. The number of halogens is 3. The summed E-state index contributed by atoms with van der Waals surface area (Å²) in [6.07, 6.45) is 0.200. The van der Waals surface area contributed by atoms with Gasteiger partial charge in [-0.3, -0.25) is 0 Å². The van der Waals surface area contributed by atoms with Crippen molar-refractivity contribution in [3.05, 3.63) is 69.2 Å². The molecule has 1 unspecified atom stereocenters. The minimum Gasteiger partial charge on any atom is -0.385 e. The van der Waals surface area contributed by atoms with Crippen molar-refractivity contribution in [2.75, 3.05) is 0 Å². The fourth-order valence-corrected chi connectivity index (χ4v) is 2.65. The lowest BCUT2D eigenvalue weighted by molar-refractivity contribution is 0.0572. The zero-order valence-corrected chi connectivity index (χ0v) is 12.8. The van der Waals surface area contributed by atoms with Crippen molar-refractivity contribution in [3.8, 4) is 0 Å². The van der Waals surface area contributed by atoms with Gasteiger partial charge in [0.2, 0.25) is 0 Å². The molecule has 0 heterocycles. The fourth-order valence-electron chi connectivity index (χ4n) is 2.14. The molecule has 0 radical (unpaired) electrons. The van der Waals surface area contributed by atoms with Gasteiger partial charge in [-0.1, -0.05) is 28.1 Å². The summed E-state index contributed by atoms with van der Waals surface area (Å²) in [6, 6.07) is 9.09. The van der Waals surface area contributed by atoms with Gasteiger partial charge in [-0.2, -0.15) is 0 Å². The van der Waals surface area contributed by atoms with Crippen molar-refractivity contribution < 1.29 is 13.9 Å². The summed E-state index contributed by atoms with van der Waals surface area (Å²) in [5.74, 6) is -0.733. The molecule has 0 aliphatic heterocycles. The number of aliphatic hydroxyl groups is 1. The number of rotatable bonds is 3. The minimum absolute atomic E-state index is 0.200. The predicted octanol–water partition coefficient (Wildman–Crippen LogP) is 4.49. The van der Waals surface area contributed by atoms with Gasteiger partial charge in [-0.15, -0.1) is 0 Å². The van der Waals surface area contributed by atoms with Gasteiger partial charge in [0.1, 0.15) is 11.6 Å². The molecule has 1 nitrogen and oxygen atoms in total. The Balaban J connectivity index is 2.32. The first-order chi connectivity index (χ1) is 9.28. The largest absolute Gasteiger partial charge is 0.385 e. The molecule has 2 aromatic carbocycles. The van der Waals surface area contributed by atoms with Crippen molar-refractivity contribution in [3.63, 3.8) is 0 Å². The Kier molecular flexibility index (Phi) is 4.25. The lowest BCUT2D eigenvalue weighted by Crippen LogP contribution is -2.24. The first-order valence-electron chi connectivity index (χ1n) is 6.22. The van der Waals surface area contributed by atoms with Crippen LogP contribution in [0.25, 0.3) is 0 Å². The maximum Gasteiger partial charge on any atom is 0.126 e. The third kappa shape index (κ3) is 3.44. The highest BCUT2D eigenvalue weighted by Gasteiger charge is 2.24. The zero-order valence-electron chi connectivity index (χ0n) is 11.3. The zero-order chi connectivity index (χ0) is 14.9. The third-order valence-corrected chi connectivity index (χ3v) is 3.72. The van der Waals surface area contributed by atoms with Gasteiger partial charge >= 0.3 is 0 Å². The predicted molar refractivity (Wildman–Crippen MR) is 78.5 cm³/mol. The van der Waals surface area contributed by atoms with E-state index >= 15 is 0 Å². The molecular formula is C16H15BrF2O. The van der Waals surface area contributed by atoms with Crippen LogP contribution >= 0.6 is 15.9 Å². The molecule has 20 heavy (non-hydrogen) atoms. The lowest BCUT2D eigenvalue weighted by Gasteiger charge is -2.24. The van der Waals surface area contributed by atoms with Gasteiger partial charge < -0.3 is 5.11 Å². The number of aryl methyl sites for hydroxylation is 1. The van der Waals surface area contributed by atoms with E-state index in [1.807, 2.05) is 0 Å². The molecule has 106 valence electrons. The third-order valence-electron chi connectivity index (χ3n) is 3.26. The van der Waals surface area contributed by atoms with Crippen LogP contribution in [0.5, 0.6) is 0 Å². The highest BCUT2D eigenvalue weighted by Crippen LogP contribution is 2.28. The van der Waals surface area contributed by atoms with Crippen LogP contribution in [0, 0.1) is 18.6 Å². The summed E-state index contributed by atoms with van der Waals surface area (Å²) in [4.78, 5) is 0. The molecule has 2 aromatic rings. The lowest BCUT2D eigenvalue weighted by atomic mass is 9.88. The van der Waals surface area contributed by atoms with E-state index in [1.165, 1.54) is 18.2 Å². The smallest absolute Gasteiger partial charge is 0.126 e. The number of benzene rings is 2. The van der Waals surface area contributed by atoms with Crippen LogP contribution in [0.3, 0.4) is 0 Å². The van der Waals surface area contributed by atoms with Crippen LogP contribution in [0.4, 0.5) is 8.78 Å². The van der Waals surface area contributed by atoms with E-state index < -0.39 is 5.60 Å². The molecule has 0 fully saturated rings. The molecule has 0 spiro atoms. The molecule has 0 saturated heterocycles. The van der Waals surface area contributed by atoms with Gasteiger partial charge in [0.15, 0.2) is 0 Å². The van der Waals surface area contributed by atoms with E-state index in [-0.39, 0.29) is 18.1 Å². The van der Waals surface area contributed by atoms with E-state index in [2.05, 4.69) is 15.9 Å². The average molecular weight is 341 g/mol. The number of hydrogen-bond donors (Lipinski definition) is 1. The van der Waals surface area contributed by atoms with E-state index in [0.29, 0.717) is 21.2 Å². The average Bonchev–Trinajstić information content (AvgIpc) is 2.30. The maximum absolute atomic E-state index is 13.6. The maximum atomic E-state index is 13.6. The van der Waals surface area contributed by atoms with Crippen LogP contribution < -0.4 is 0 Å².